The average Bonchev–Trinajstić information content (AvgIpc) is 2.43. The molecule has 0 radical (unpaired) electrons. The fourth-order valence-electron chi connectivity index (χ4n) is 1.74. The molecule has 2 atom stereocenters. The molecule has 2 unspecified atom stereocenters. The van der Waals surface area contributed by atoms with Crippen LogP contribution < -0.4 is 10.6 Å². The van der Waals surface area contributed by atoms with Crippen LogP contribution in [0.4, 0.5) is 0 Å². The fraction of sp³-hybridized carbons (Fsp3) is 0.900. The number of hydrogen-bond acceptors (Lipinski definition) is 4. The van der Waals surface area contributed by atoms with E-state index >= 15 is 0 Å². The Bertz CT molecular complexity index is 199. The van der Waals surface area contributed by atoms with E-state index in [0.29, 0.717) is 6.61 Å². The Hall–Kier alpha value is -0.650. The van der Waals surface area contributed by atoms with Crippen LogP contribution in [0.3, 0.4) is 0 Å². The van der Waals surface area contributed by atoms with Crippen LogP contribution in [0, 0.1) is 0 Å². The number of amides is 1. The first-order chi connectivity index (χ1) is 7.27. The second kappa shape index (κ2) is 6.76. The monoisotopic (exact) mass is 216 g/mol. The molecule has 1 amide bonds. The molecule has 1 heterocycles. The Kier molecular flexibility index (Phi) is 5.60. The smallest absolute Gasteiger partial charge is 0.237 e. The molecule has 0 saturated carbocycles. The summed E-state index contributed by atoms with van der Waals surface area (Å²) in [5.74, 6) is 0.0297. The van der Waals surface area contributed by atoms with Gasteiger partial charge in [-0.3, -0.25) is 10.1 Å². The Labute approximate surface area is 90.2 Å². The Morgan fingerprint density at radius 3 is 3.13 bits per heavy atom. The van der Waals surface area contributed by atoms with E-state index in [4.69, 9.17) is 9.84 Å². The summed E-state index contributed by atoms with van der Waals surface area (Å²) in [5, 5.41) is 15.0. The lowest BCUT2D eigenvalue weighted by atomic mass is 10.1. The first kappa shape index (κ1) is 12.4. The van der Waals surface area contributed by atoms with Crippen LogP contribution in [-0.2, 0) is 9.53 Å². The summed E-state index contributed by atoms with van der Waals surface area (Å²) in [6.45, 7) is 1.16. The van der Waals surface area contributed by atoms with Gasteiger partial charge in [0.1, 0.15) is 0 Å². The highest BCUT2D eigenvalue weighted by Gasteiger charge is 2.22. The van der Waals surface area contributed by atoms with Crippen molar-refractivity contribution in [3.8, 4) is 0 Å². The van der Waals surface area contributed by atoms with Crippen molar-refractivity contribution in [2.45, 2.75) is 31.3 Å². The third-order valence-corrected chi connectivity index (χ3v) is 2.56. The minimum Gasteiger partial charge on any atom is -0.395 e. The first-order valence-electron chi connectivity index (χ1n) is 5.41. The maximum Gasteiger partial charge on any atom is 0.237 e. The predicted octanol–water partition coefficient (Wildman–Crippen LogP) is -0.748. The van der Waals surface area contributed by atoms with Gasteiger partial charge in [-0.25, -0.2) is 0 Å². The lowest BCUT2D eigenvalue weighted by molar-refractivity contribution is -0.123. The number of aliphatic hydroxyl groups excluding tert-OH is 1. The number of ether oxygens (including phenoxy) is 1. The van der Waals surface area contributed by atoms with E-state index in [0.717, 1.165) is 25.8 Å². The number of rotatable bonds is 5. The molecule has 0 aromatic carbocycles. The third-order valence-electron chi connectivity index (χ3n) is 2.56. The summed E-state index contributed by atoms with van der Waals surface area (Å²) >= 11 is 0. The number of carbonyl (C=O) groups is 1. The summed E-state index contributed by atoms with van der Waals surface area (Å²) in [5.41, 5.74) is 0. The standard InChI is InChI=1S/C10H20N2O3/c1-15-7-8(6-13)12-9-4-2-3-5-11-10(9)14/h8-9,12-13H,2-7H2,1H3,(H,11,14). The number of nitrogens with one attached hydrogen (secondary N) is 2. The van der Waals surface area contributed by atoms with Crippen molar-refractivity contribution in [1.82, 2.24) is 10.6 Å². The molecule has 0 bridgehead atoms. The summed E-state index contributed by atoms with van der Waals surface area (Å²) in [4.78, 5) is 11.6. The molecular weight excluding hydrogens is 196 g/mol. The lowest BCUT2D eigenvalue weighted by Crippen LogP contribution is -2.50. The van der Waals surface area contributed by atoms with Crippen LogP contribution in [-0.4, -0.2) is 50.0 Å². The highest BCUT2D eigenvalue weighted by atomic mass is 16.5. The molecule has 3 N–H and O–H groups in total. The van der Waals surface area contributed by atoms with Gasteiger partial charge in [0, 0.05) is 13.7 Å². The van der Waals surface area contributed by atoms with Crippen molar-refractivity contribution in [2.75, 3.05) is 26.9 Å². The van der Waals surface area contributed by atoms with Crippen LogP contribution >= 0.6 is 0 Å². The topological polar surface area (TPSA) is 70.6 Å². The summed E-state index contributed by atoms with van der Waals surface area (Å²) in [7, 11) is 1.58. The van der Waals surface area contributed by atoms with E-state index in [9.17, 15) is 4.79 Å². The van der Waals surface area contributed by atoms with E-state index in [1.54, 1.807) is 7.11 Å². The van der Waals surface area contributed by atoms with Crippen molar-refractivity contribution in [2.24, 2.45) is 0 Å². The molecule has 5 nitrogen and oxygen atoms in total. The molecule has 0 aromatic rings. The lowest BCUT2D eigenvalue weighted by Gasteiger charge is -2.21. The second-order valence-corrected chi connectivity index (χ2v) is 3.84. The van der Waals surface area contributed by atoms with Gasteiger partial charge in [-0.1, -0.05) is 0 Å². The highest BCUT2D eigenvalue weighted by Crippen LogP contribution is 2.06. The van der Waals surface area contributed by atoms with Gasteiger partial charge < -0.3 is 15.2 Å². The summed E-state index contributed by atoms with van der Waals surface area (Å²) in [6.07, 6.45) is 2.88. The van der Waals surface area contributed by atoms with Gasteiger partial charge in [0.05, 0.1) is 25.3 Å². The van der Waals surface area contributed by atoms with Crippen molar-refractivity contribution in [3.63, 3.8) is 0 Å². The van der Waals surface area contributed by atoms with Crippen molar-refractivity contribution in [3.05, 3.63) is 0 Å². The Balaban J connectivity index is 2.42. The maximum atomic E-state index is 11.6. The molecule has 5 heteroatoms. The van der Waals surface area contributed by atoms with Crippen molar-refractivity contribution in [1.29, 1.82) is 0 Å². The van der Waals surface area contributed by atoms with Crippen molar-refractivity contribution >= 4 is 5.91 Å². The normalized spacial score (nSPS) is 24.4. The zero-order valence-corrected chi connectivity index (χ0v) is 9.16. The quantitative estimate of drug-likeness (QED) is 0.565. The highest BCUT2D eigenvalue weighted by molar-refractivity contribution is 5.81. The zero-order chi connectivity index (χ0) is 11.1. The molecule has 15 heavy (non-hydrogen) atoms. The number of hydrogen-bond donors (Lipinski definition) is 3. The molecule has 0 aliphatic carbocycles. The maximum absolute atomic E-state index is 11.6. The van der Waals surface area contributed by atoms with Crippen LogP contribution in [0.2, 0.25) is 0 Å². The second-order valence-electron chi connectivity index (χ2n) is 3.84. The molecule has 88 valence electrons. The van der Waals surface area contributed by atoms with E-state index in [1.165, 1.54) is 0 Å². The van der Waals surface area contributed by atoms with Crippen LogP contribution in [0.15, 0.2) is 0 Å². The van der Waals surface area contributed by atoms with Gasteiger partial charge in [-0.2, -0.15) is 0 Å². The van der Waals surface area contributed by atoms with E-state index in [-0.39, 0.29) is 24.6 Å². The molecular formula is C10H20N2O3. The number of carbonyl (C=O) groups excluding carboxylic acids is 1. The molecule has 1 saturated heterocycles. The number of methoxy groups -OCH3 is 1. The Morgan fingerprint density at radius 1 is 1.67 bits per heavy atom. The predicted molar refractivity (Wildman–Crippen MR) is 56.5 cm³/mol. The van der Waals surface area contributed by atoms with Crippen LogP contribution in [0.1, 0.15) is 19.3 Å². The van der Waals surface area contributed by atoms with Gasteiger partial charge in [0.15, 0.2) is 0 Å². The molecule has 1 rings (SSSR count). The van der Waals surface area contributed by atoms with Crippen LogP contribution in [0.25, 0.3) is 0 Å². The molecule has 0 aromatic heterocycles. The SMILES string of the molecule is COCC(CO)NC1CCCCNC1=O. The van der Waals surface area contributed by atoms with Crippen molar-refractivity contribution < 1.29 is 14.6 Å². The largest absolute Gasteiger partial charge is 0.395 e. The zero-order valence-electron chi connectivity index (χ0n) is 9.16. The molecule has 1 aliphatic heterocycles. The van der Waals surface area contributed by atoms with Gasteiger partial charge in [-0.05, 0) is 19.3 Å². The minimum atomic E-state index is -0.195. The number of aliphatic hydroxyl groups is 1. The fourth-order valence-corrected chi connectivity index (χ4v) is 1.74. The van der Waals surface area contributed by atoms with E-state index < -0.39 is 0 Å². The van der Waals surface area contributed by atoms with Gasteiger partial charge in [-0.15, -0.1) is 0 Å². The third kappa shape index (κ3) is 4.15. The first-order valence-corrected chi connectivity index (χ1v) is 5.41. The van der Waals surface area contributed by atoms with Gasteiger partial charge in [0.25, 0.3) is 0 Å². The van der Waals surface area contributed by atoms with Crippen LogP contribution in [0.5, 0.6) is 0 Å². The Morgan fingerprint density at radius 2 is 2.47 bits per heavy atom. The van der Waals surface area contributed by atoms with E-state index in [2.05, 4.69) is 10.6 Å². The summed E-state index contributed by atoms with van der Waals surface area (Å²) < 4.78 is 4.95. The molecule has 1 fully saturated rings. The average molecular weight is 216 g/mol. The van der Waals surface area contributed by atoms with Gasteiger partial charge in [0.2, 0.25) is 5.91 Å². The summed E-state index contributed by atoms with van der Waals surface area (Å²) in [6, 6.07) is -0.358. The molecule has 0 spiro atoms. The molecule has 1 aliphatic rings. The van der Waals surface area contributed by atoms with Gasteiger partial charge >= 0.3 is 0 Å². The minimum absolute atomic E-state index is 0.0162. The van der Waals surface area contributed by atoms with E-state index in [1.807, 2.05) is 0 Å².